The second kappa shape index (κ2) is 12.0. The van der Waals surface area contributed by atoms with E-state index < -0.39 is 61.7 Å². The number of alkyl halides is 6. The number of rotatable bonds is 10. The van der Waals surface area contributed by atoms with Crippen LogP contribution in [0.1, 0.15) is 37.9 Å². The number of carbonyl (C=O) groups is 1. The summed E-state index contributed by atoms with van der Waals surface area (Å²) in [5, 5.41) is 2.34. The second-order valence-corrected chi connectivity index (χ2v) is 9.24. The summed E-state index contributed by atoms with van der Waals surface area (Å²) in [7, 11) is 2.67. The zero-order valence-corrected chi connectivity index (χ0v) is 22.3. The molecule has 3 aromatic heterocycles. The molecule has 0 saturated carbocycles. The van der Waals surface area contributed by atoms with Crippen LogP contribution in [0.3, 0.4) is 0 Å². The molecule has 0 bridgehead atoms. The first kappa shape index (κ1) is 30.1. The van der Waals surface area contributed by atoms with Gasteiger partial charge in [0.05, 0.1) is 44.0 Å². The van der Waals surface area contributed by atoms with Gasteiger partial charge in [-0.05, 0) is 25.8 Å². The first-order valence-electron chi connectivity index (χ1n) is 12.6. The van der Waals surface area contributed by atoms with Crippen LogP contribution in [0.4, 0.5) is 31.1 Å². The summed E-state index contributed by atoms with van der Waals surface area (Å²) >= 11 is 0. The summed E-state index contributed by atoms with van der Waals surface area (Å²) in [4.78, 5) is 26.1. The minimum Gasteiger partial charge on any atom is -0.494 e. The summed E-state index contributed by atoms with van der Waals surface area (Å²) in [5.74, 6) is 0.212. The van der Waals surface area contributed by atoms with Gasteiger partial charge in [0.2, 0.25) is 0 Å². The first-order chi connectivity index (χ1) is 19.4. The molecule has 10 nitrogen and oxygen atoms in total. The summed E-state index contributed by atoms with van der Waals surface area (Å²) in [6.45, 7) is 1.18. The number of methoxy groups -OCH3 is 2. The Morgan fingerprint density at radius 3 is 2.51 bits per heavy atom. The molecule has 1 N–H and O–H groups in total. The van der Waals surface area contributed by atoms with Gasteiger partial charge < -0.3 is 28.8 Å². The highest BCUT2D eigenvalue weighted by atomic mass is 19.4. The van der Waals surface area contributed by atoms with E-state index in [0.717, 1.165) is 12.3 Å². The molecule has 1 aliphatic rings. The van der Waals surface area contributed by atoms with E-state index in [2.05, 4.69) is 20.3 Å². The van der Waals surface area contributed by atoms with Crippen molar-refractivity contribution in [3.05, 3.63) is 36.5 Å². The molecule has 16 heteroatoms. The van der Waals surface area contributed by atoms with Crippen LogP contribution in [0.5, 0.6) is 11.6 Å². The minimum atomic E-state index is -5.00. The molecular formula is C25H28F6N6O4. The molecule has 0 aromatic carbocycles. The van der Waals surface area contributed by atoms with Gasteiger partial charge in [0.15, 0.2) is 11.7 Å². The number of hydrogen-bond acceptors (Lipinski definition) is 7. The van der Waals surface area contributed by atoms with Crippen molar-refractivity contribution in [3.63, 3.8) is 0 Å². The van der Waals surface area contributed by atoms with Crippen LogP contribution in [0.25, 0.3) is 16.9 Å². The topological polar surface area (TPSA) is 103 Å². The Bertz CT molecular complexity index is 1360. The maximum Gasteiger partial charge on any atom is 0.414 e. The van der Waals surface area contributed by atoms with Gasteiger partial charge in [0, 0.05) is 43.7 Å². The van der Waals surface area contributed by atoms with Crippen LogP contribution < -0.4 is 14.8 Å². The zero-order chi connectivity index (χ0) is 29.9. The average Bonchev–Trinajstić information content (AvgIpc) is 3.36. The number of fused-ring (bicyclic) bond motifs is 1. The van der Waals surface area contributed by atoms with Crippen LogP contribution in [0.15, 0.2) is 30.9 Å². The highest BCUT2D eigenvalue weighted by Crippen LogP contribution is 2.40. The second-order valence-electron chi connectivity index (χ2n) is 9.24. The zero-order valence-electron chi connectivity index (χ0n) is 22.3. The fourth-order valence-electron chi connectivity index (χ4n) is 4.57. The Morgan fingerprint density at radius 1 is 1.22 bits per heavy atom. The van der Waals surface area contributed by atoms with Gasteiger partial charge in [-0.3, -0.25) is 4.98 Å². The van der Waals surface area contributed by atoms with E-state index >= 15 is 0 Å². The Balaban J connectivity index is 1.70. The highest BCUT2D eigenvalue weighted by molar-refractivity contribution is 5.76. The average molecular weight is 591 g/mol. The fraction of sp³-hybridized carbons (Fsp3) is 0.520. The first-order valence-corrected chi connectivity index (χ1v) is 12.6. The minimum absolute atomic E-state index is 0.102. The maximum atomic E-state index is 14.6. The molecule has 4 heterocycles. The van der Waals surface area contributed by atoms with E-state index in [0.29, 0.717) is 17.0 Å². The monoisotopic (exact) mass is 590 g/mol. The molecule has 1 aliphatic heterocycles. The van der Waals surface area contributed by atoms with Gasteiger partial charge in [-0.2, -0.15) is 26.3 Å². The Labute approximate surface area is 230 Å². The number of halogens is 6. The number of nitrogens with one attached hydrogen (secondary N) is 1. The number of imidazole rings is 1. The van der Waals surface area contributed by atoms with Crippen molar-refractivity contribution in [1.82, 2.24) is 29.6 Å². The van der Waals surface area contributed by atoms with E-state index in [1.165, 1.54) is 33.5 Å². The summed E-state index contributed by atoms with van der Waals surface area (Å²) in [6.07, 6.45) is -5.94. The third-order valence-corrected chi connectivity index (χ3v) is 6.66. The Hall–Kier alpha value is -3.82. The van der Waals surface area contributed by atoms with E-state index in [1.54, 1.807) is 10.6 Å². The van der Waals surface area contributed by atoms with Crippen molar-refractivity contribution in [1.29, 1.82) is 0 Å². The predicted molar refractivity (Wildman–Crippen MR) is 132 cm³/mol. The lowest BCUT2D eigenvalue weighted by molar-refractivity contribution is -0.179. The molecule has 41 heavy (non-hydrogen) atoms. The molecule has 1 saturated heterocycles. The number of nitrogens with zero attached hydrogens (tertiary/aromatic N) is 5. The molecular weight excluding hydrogens is 562 g/mol. The van der Waals surface area contributed by atoms with Gasteiger partial charge in [0.25, 0.3) is 5.88 Å². The molecule has 224 valence electrons. The van der Waals surface area contributed by atoms with Crippen LogP contribution in [0.2, 0.25) is 0 Å². The molecule has 2 unspecified atom stereocenters. The van der Waals surface area contributed by atoms with E-state index in [4.69, 9.17) is 14.2 Å². The van der Waals surface area contributed by atoms with Crippen molar-refractivity contribution in [2.24, 2.45) is 0 Å². The Kier molecular flexibility index (Phi) is 8.80. The molecule has 1 fully saturated rings. The van der Waals surface area contributed by atoms with Crippen LogP contribution in [-0.4, -0.2) is 82.2 Å². The third kappa shape index (κ3) is 6.74. The lowest BCUT2D eigenvalue weighted by atomic mass is 9.99. The molecule has 4 rings (SSSR count). The highest BCUT2D eigenvalue weighted by Gasteiger charge is 2.48. The van der Waals surface area contributed by atoms with Gasteiger partial charge in [-0.25, -0.2) is 14.8 Å². The number of aromatic nitrogens is 4. The number of hydrogen-bond donors (Lipinski definition) is 1. The number of pyridine rings is 1. The normalized spacial score (nSPS) is 17.0. The summed E-state index contributed by atoms with van der Waals surface area (Å²) < 4.78 is 99.7. The largest absolute Gasteiger partial charge is 0.494 e. The van der Waals surface area contributed by atoms with E-state index in [9.17, 15) is 31.1 Å². The maximum absolute atomic E-state index is 14.6. The standard InChI is InChI=1S/C25H28F6N6O4/c1-4-37(23(38)35-15(18-6-10-41-18)5-7-24(26,27)28)20(25(29,30)31)16-11-14(19(39-2)12-33-16)17-13-36-9-8-32-21(36)22(34-17)40-3/h8-9,11-13,15,18,20H,4-7,10H2,1-3H3,(H,35,38)/t15?,18?,20-/m0/s1. The Morgan fingerprint density at radius 2 is 1.95 bits per heavy atom. The quantitative estimate of drug-likeness (QED) is 0.334. The van der Waals surface area contributed by atoms with Gasteiger partial charge in [-0.15, -0.1) is 0 Å². The van der Waals surface area contributed by atoms with E-state index in [1.807, 2.05) is 0 Å². The molecule has 3 atom stereocenters. The van der Waals surface area contributed by atoms with Crippen LogP contribution in [0, 0.1) is 0 Å². The van der Waals surface area contributed by atoms with Crippen molar-refractivity contribution in [2.75, 3.05) is 27.4 Å². The molecule has 0 radical (unpaired) electrons. The third-order valence-electron chi connectivity index (χ3n) is 6.66. The van der Waals surface area contributed by atoms with Crippen molar-refractivity contribution in [2.45, 2.75) is 56.7 Å². The van der Waals surface area contributed by atoms with Crippen LogP contribution >= 0.6 is 0 Å². The van der Waals surface area contributed by atoms with Gasteiger partial charge in [0.1, 0.15) is 5.75 Å². The number of urea groups is 1. The van der Waals surface area contributed by atoms with Crippen LogP contribution in [-0.2, 0) is 4.74 Å². The molecule has 0 aliphatic carbocycles. The van der Waals surface area contributed by atoms with Gasteiger partial charge >= 0.3 is 18.4 Å². The number of carbonyl (C=O) groups excluding carboxylic acids is 1. The van der Waals surface area contributed by atoms with Crippen molar-refractivity contribution in [3.8, 4) is 22.9 Å². The number of ether oxygens (including phenoxy) is 3. The summed E-state index contributed by atoms with van der Waals surface area (Å²) in [5.41, 5.74) is 0.129. The SMILES string of the molecule is CCN(C(=O)NC(CCC(F)(F)F)C1CCO1)[C@@H](c1cc(-c2cn3ccnc3c(OC)n2)c(OC)cn1)C(F)(F)F. The summed E-state index contributed by atoms with van der Waals surface area (Å²) in [6, 6.07) is -3.76. The molecule has 0 spiro atoms. The fourth-order valence-corrected chi connectivity index (χ4v) is 4.57. The van der Waals surface area contributed by atoms with Gasteiger partial charge in [-0.1, -0.05) is 0 Å². The van der Waals surface area contributed by atoms with Crippen molar-refractivity contribution >= 4 is 11.7 Å². The smallest absolute Gasteiger partial charge is 0.414 e. The number of amides is 2. The lowest BCUT2D eigenvalue weighted by Gasteiger charge is -2.38. The predicted octanol–water partition coefficient (Wildman–Crippen LogP) is 4.94. The van der Waals surface area contributed by atoms with Crippen molar-refractivity contribution < 1.29 is 45.3 Å². The van der Waals surface area contributed by atoms with E-state index in [-0.39, 0.29) is 29.5 Å². The molecule has 2 amide bonds. The molecule has 3 aromatic rings. The lowest BCUT2D eigenvalue weighted by Crippen LogP contribution is -2.55.